The van der Waals surface area contributed by atoms with E-state index in [4.69, 9.17) is 0 Å². The number of piperidine rings is 1. The fourth-order valence-electron chi connectivity index (χ4n) is 2.18. The predicted octanol–water partition coefficient (Wildman–Crippen LogP) is 1.80. The lowest BCUT2D eigenvalue weighted by molar-refractivity contribution is 0.499. The van der Waals surface area contributed by atoms with Gasteiger partial charge in [-0.3, -0.25) is 4.72 Å². The third kappa shape index (κ3) is 2.84. The summed E-state index contributed by atoms with van der Waals surface area (Å²) in [6, 6.07) is 5.67. The van der Waals surface area contributed by atoms with Crippen molar-refractivity contribution in [3.63, 3.8) is 0 Å². The van der Waals surface area contributed by atoms with E-state index in [0.29, 0.717) is 12.2 Å². The lowest BCUT2D eigenvalue weighted by Gasteiger charge is -2.24. The molecule has 1 unspecified atom stereocenters. The Hall–Kier alpha value is -1.07. The number of aryl methyl sites for hydroxylation is 1. The minimum atomic E-state index is -3.29. The molecule has 0 aromatic heterocycles. The number of hydrogen-bond donors (Lipinski definition) is 2. The van der Waals surface area contributed by atoms with E-state index in [9.17, 15) is 8.42 Å². The van der Waals surface area contributed by atoms with Gasteiger partial charge in [0, 0.05) is 6.54 Å². The fraction of sp³-hybridized carbons (Fsp3) is 0.538. The van der Waals surface area contributed by atoms with Crippen LogP contribution in [-0.4, -0.2) is 26.8 Å². The molecule has 100 valence electrons. The maximum Gasteiger partial charge on any atom is 0.236 e. The van der Waals surface area contributed by atoms with Crippen LogP contribution in [0.5, 0.6) is 0 Å². The molecule has 1 fully saturated rings. The Labute approximate surface area is 109 Å². The zero-order valence-electron chi connectivity index (χ0n) is 10.9. The van der Waals surface area contributed by atoms with E-state index in [1.165, 1.54) is 0 Å². The number of sulfonamides is 1. The van der Waals surface area contributed by atoms with Gasteiger partial charge in [-0.15, -0.1) is 0 Å². The predicted molar refractivity (Wildman–Crippen MR) is 74.4 cm³/mol. The second-order valence-corrected chi connectivity index (χ2v) is 6.82. The first kappa shape index (κ1) is 13.4. The minimum Gasteiger partial charge on any atom is -0.315 e. The van der Waals surface area contributed by atoms with Crippen LogP contribution >= 0.6 is 0 Å². The van der Waals surface area contributed by atoms with Gasteiger partial charge in [0.05, 0.1) is 10.9 Å². The molecule has 1 aromatic carbocycles. The van der Waals surface area contributed by atoms with Crippen LogP contribution in [0.4, 0.5) is 5.69 Å². The number of nitrogens with one attached hydrogen (secondary N) is 2. The molecule has 0 aliphatic carbocycles. The highest BCUT2D eigenvalue weighted by atomic mass is 32.2. The average molecular weight is 268 g/mol. The van der Waals surface area contributed by atoms with Crippen molar-refractivity contribution in [2.45, 2.75) is 31.9 Å². The number of anilines is 1. The monoisotopic (exact) mass is 268 g/mol. The van der Waals surface area contributed by atoms with Gasteiger partial charge in [-0.25, -0.2) is 8.42 Å². The highest BCUT2D eigenvalue weighted by Gasteiger charge is 2.27. The molecule has 18 heavy (non-hydrogen) atoms. The Bertz CT molecular complexity index is 520. The Kier molecular flexibility index (Phi) is 3.92. The fourth-order valence-corrected chi connectivity index (χ4v) is 3.69. The standard InChI is InChI=1S/C13H20N2O2S/c1-10-5-3-7-13(11(10)2)15-18(16,17)12-6-4-8-14-9-12/h3,5,7,12,14-15H,4,6,8-9H2,1-2H3. The maximum absolute atomic E-state index is 12.3. The lowest BCUT2D eigenvalue weighted by atomic mass is 10.1. The molecule has 2 rings (SSSR count). The third-order valence-corrected chi connectivity index (χ3v) is 5.33. The van der Waals surface area contributed by atoms with Gasteiger partial charge < -0.3 is 5.32 Å². The summed E-state index contributed by atoms with van der Waals surface area (Å²) in [5.74, 6) is 0. The average Bonchev–Trinajstić information content (AvgIpc) is 2.36. The molecule has 1 aromatic rings. The van der Waals surface area contributed by atoms with Gasteiger partial charge in [-0.05, 0) is 50.4 Å². The first-order valence-corrected chi connectivity index (χ1v) is 7.84. The van der Waals surface area contributed by atoms with E-state index < -0.39 is 10.0 Å². The zero-order valence-corrected chi connectivity index (χ0v) is 11.7. The highest BCUT2D eigenvalue weighted by molar-refractivity contribution is 7.93. The molecule has 0 amide bonds. The molecule has 0 bridgehead atoms. The molecule has 1 aliphatic heterocycles. The molecule has 1 saturated heterocycles. The smallest absolute Gasteiger partial charge is 0.236 e. The summed E-state index contributed by atoms with van der Waals surface area (Å²) in [6.07, 6.45) is 1.64. The summed E-state index contributed by atoms with van der Waals surface area (Å²) < 4.78 is 27.3. The van der Waals surface area contributed by atoms with E-state index >= 15 is 0 Å². The molecular formula is C13H20N2O2S. The summed E-state index contributed by atoms with van der Waals surface area (Å²) in [4.78, 5) is 0. The maximum atomic E-state index is 12.3. The molecule has 5 heteroatoms. The summed E-state index contributed by atoms with van der Waals surface area (Å²) in [7, 11) is -3.29. The molecule has 1 heterocycles. The molecular weight excluding hydrogens is 248 g/mol. The van der Waals surface area contributed by atoms with Crippen LogP contribution in [0.2, 0.25) is 0 Å². The Balaban J connectivity index is 2.19. The quantitative estimate of drug-likeness (QED) is 0.879. The molecule has 0 radical (unpaired) electrons. The third-order valence-electron chi connectivity index (χ3n) is 3.55. The molecule has 1 atom stereocenters. The van der Waals surface area contributed by atoms with Crippen molar-refractivity contribution >= 4 is 15.7 Å². The van der Waals surface area contributed by atoms with Crippen LogP contribution in [0, 0.1) is 13.8 Å². The SMILES string of the molecule is Cc1cccc(NS(=O)(=O)C2CCCNC2)c1C. The van der Waals surface area contributed by atoms with Crippen molar-refractivity contribution in [3.05, 3.63) is 29.3 Å². The summed E-state index contributed by atoms with van der Waals surface area (Å²) in [5, 5.41) is 2.81. The molecule has 0 saturated carbocycles. The van der Waals surface area contributed by atoms with E-state index in [2.05, 4.69) is 10.0 Å². The van der Waals surface area contributed by atoms with Gasteiger partial charge in [-0.1, -0.05) is 12.1 Å². The van der Waals surface area contributed by atoms with Gasteiger partial charge in [0.15, 0.2) is 0 Å². The van der Waals surface area contributed by atoms with Gasteiger partial charge in [0.25, 0.3) is 0 Å². The number of rotatable bonds is 3. The van der Waals surface area contributed by atoms with Crippen LogP contribution in [0.3, 0.4) is 0 Å². The molecule has 0 spiro atoms. The van der Waals surface area contributed by atoms with Crippen molar-refractivity contribution in [1.82, 2.24) is 5.32 Å². The van der Waals surface area contributed by atoms with Crippen molar-refractivity contribution in [1.29, 1.82) is 0 Å². The number of benzene rings is 1. The van der Waals surface area contributed by atoms with Gasteiger partial charge in [0.1, 0.15) is 0 Å². The molecule has 1 aliphatic rings. The first-order chi connectivity index (χ1) is 8.50. The van der Waals surface area contributed by atoms with Crippen LogP contribution in [-0.2, 0) is 10.0 Å². The van der Waals surface area contributed by atoms with E-state index in [1.807, 2.05) is 32.0 Å². The van der Waals surface area contributed by atoms with Gasteiger partial charge >= 0.3 is 0 Å². The van der Waals surface area contributed by atoms with Crippen LogP contribution < -0.4 is 10.0 Å². The summed E-state index contributed by atoms with van der Waals surface area (Å²) in [6.45, 7) is 5.37. The van der Waals surface area contributed by atoms with Crippen LogP contribution in [0.15, 0.2) is 18.2 Å². The zero-order chi connectivity index (χ0) is 13.2. The van der Waals surface area contributed by atoms with Gasteiger partial charge in [-0.2, -0.15) is 0 Å². The topological polar surface area (TPSA) is 58.2 Å². The second kappa shape index (κ2) is 5.28. The Morgan fingerprint density at radius 2 is 2.11 bits per heavy atom. The molecule has 4 nitrogen and oxygen atoms in total. The van der Waals surface area contributed by atoms with E-state index in [-0.39, 0.29) is 5.25 Å². The van der Waals surface area contributed by atoms with Gasteiger partial charge in [0.2, 0.25) is 10.0 Å². The van der Waals surface area contributed by atoms with Crippen LogP contribution in [0.1, 0.15) is 24.0 Å². The Morgan fingerprint density at radius 1 is 1.33 bits per heavy atom. The largest absolute Gasteiger partial charge is 0.315 e. The van der Waals surface area contributed by atoms with E-state index in [1.54, 1.807) is 0 Å². The Morgan fingerprint density at radius 3 is 2.78 bits per heavy atom. The summed E-state index contributed by atoms with van der Waals surface area (Å²) >= 11 is 0. The normalized spacial score (nSPS) is 20.7. The minimum absolute atomic E-state index is 0.328. The van der Waals surface area contributed by atoms with Crippen molar-refractivity contribution in [2.24, 2.45) is 0 Å². The van der Waals surface area contributed by atoms with Crippen molar-refractivity contribution in [3.8, 4) is 0 Å². The lowest BCUT2D eigenvalue weighted by Crippen LogP contribution is -2.41. The van der Waals surface area contributed by atoms with Crippen molar-refractivity contribution in [2.75, 3.05) is 17.8 Å². The van der Waals surface area contributed by atoms with E-state index in [0.717, 1.165) is 30.5 Å². The highest BCUT2D eigenvalue weighted by Crippen LogP contribution is 2.22. The van der Waals surface area contributed by atoms with Crippen LogP contribution in [0.25, 0.3) is 0 Å². The summed E-state index contributed by atoms with van der Waals surface area (Å²) in [5.41, 5.74) is 2.78. The second-order valence-electron chi connectivity index (χ2n) is 4.86. The number of hydrogen-bond acceptors (Lipinski definition) is 3. The van der Waals surface area contributed by atoms with Crippen molar-refractivity contribution < 1.29 is 8.42 Å². The molecule has 2 N–H and O–H groups in total. The first-order valence-electron chi connectivity index (χ1n) is 6.29.